The van der Waals surface area contributed by atoms with Crippen molar-refractivity contribution in [1.82, 2.24) is 4.98 Å². The van der Waals surface area contributed by atoms with E-state index in [9.17, 15) is 4.79 Å². The van der Waals surface area contributed by atoms with Crippen LogP contribution in [0.2, 0.25) is 5.15 Å². The van der Waals surface area contributed by atoms with Gasteiger partial charge in [0, 0.05) is 18.2 Å². The molecule has 1 rings (SSSR count). The summed E-state index contributed by atoms with van der Waals surface area (Å²) in [5.41, 5.74) is 0.676. The van der Waals surface area contributed by atoms with E-state index in [4.69, 9.17) is 11.6 Å². The predicted molar refractivity (Wildman–Crippen MR) is 90.0 cm³/mol. The summed E-state index contributed by atoms with van der Waals surface area (Å²) in [4.78, 5) is 15.9. The van der Waals surface area contributed by atoms with Crippen LogP contribution in [0.1, 0.15) is 87.9 Å². The quantitative estimate of drug-likeness (QED) is 0.260. The van der Waals surface area contributed by atoms with Gasteiger partial charge in [-0.3, -0.25) is 4.79 Å². The van der Waals surface area contributed by atoms with E-state index in [1.165, 1.54) is 51.4 Å². The number of rotatable bonds is 12. The highest BCUT2D eigenvalue weighted by atomic mass is 35.5. The molecule has 0 aliphatic carbocycles. The van der Waals surface area contributed by atoms with Gasteiger partial charge in [0.25, 0.3) is 0 Å². The number of hydrogen-bond donors (Lipinski definition) is 0. The Kier molecular flexibility index (Phi) is 10.1. The second kappa shape index (κ2) is 11.7. The fraction of sp³-hybridized carbons (Fsp3) is 0.667. The Bertz CT molecular complexity index is 389. The lowest BCUT2D eigenvalue weighted by molar-refractivity contribution is 0.0978. The maximum Gasteiger partial charge on any atom is 0.164 e. The number of Topliss-reactive ketones (excluding diaryl/α,β-unsaturated/α-hetero) is 1. The van der Waals surface area contributed by atoms with E-state index in [0.717, 1.165) is 12.8 Å². The summed E-state index contributed by atoms with van der Waals surface area (Å²) >= 11 is 5.71. The summed E-state index contributed by atoms with van der Waals surface area (Å²) < 4.78 is 0. The maximum absolute atomic E-state index is 11.9. The molecule has 21 heavy (non-hydrogen) atoms. The van der Waals surface area contributed by atoms with Crippen molar-refractivity contribution < 1.29 is 4.79 Å². The Balaban J connectivity index is 1.96. The number of carbonyl (C=O) groups is 1. The van der Waals surface area contributed by atoms with Gasteiger partial charge in [0.15, 0.2) is 5.78 Å². The Morgan fingerprint density at radius 1 is 0.952 bits per heavy atom. The van der Waals surface area contributed by atoms with Crippen LogP contribution in [0.3, 0.4) is 0 Å². The van der Waals surface area contributed by atoms with Crippen LogP contribution >= 0.6 is 11.6 Å². The van der Waals surface area contributed by atoms with Gasteiger partial charge in [-0.15, -0.1) is 0 Å². The molecule has 0 unspecified atom stereocenters. The van der Waals surface area contributed by atoms with Gasteiger partial charge in [0.2, 0.25) is 0 Å². The zero-order chi connectivity index (χ0) is 15.3. The first-order valence-electron chi connectivity index (χ1n) is 8.38. The van der Waals surface area contributed by atoms with Gasteiger partial charge < -0.3 is 0 Å². The molecule has 0 spiro atoms. The number of unbranched alkanes of at least 4 members (excludes halogenated alkanes) is 9. The van der Waals surface area contributed by atoms with Gasteiger partial charge in [-0.1, -0.05) is 76.3 Å². The van der Waals surface area contributed by atoms with Crippen molar-refractivity contribution in [2.75, 3.05) is 0 Å². The smallest absolute Gasteiger partial charge is 0.164 e. The monoisotopic (exact) mass is 309 g/mol. The summed E-state index contributed by atoms with van der Waals surface area (Å²) in [6, 6.07) is 3.43. The summed E-state index contributed by atoms with van der Waals surface area (Å²) in [5, 5.41) is 0.436. The second-order valence-electron chi connectivity index (χ2n) is 5.72. The molecule has 1 aromatic rings. The van der Waals surface area contributed by atoms with E-state index in [1.807, 2.05) is 0 Å². The zero-order valence-corrected chi connectivity index (χ0v) is 14.0. The van der Waals surface area contributed by atoms with Crippen LogP contribution in [0.4, 0.5) is 0 Å². The lowest BCUT2D eigenvalue weighted by Gasteiger charge is -2.03. The molecule has 2 nitrogen and oxygen atoms in total. The highest BCUT2D eigenvalue weighted by Crippen LogP contribution is 2.13. The van der Waals surface area contributed by atoms with Crippen molar-refractivity contribution in [3.8, 4) is 0 Å². The van der Waals surface area contributed by atoms with E-state index >= 15 is 0 Å². The van der Waals surface area contributed by atoms with Crippen molar-refractivity contribution in [2.24, 2.45) is 0 Å². The lowest BCUT2D eigenvalue weighted by Crippen LogP contribution is -1.99. The molecule has 1 aromatic heterocycles. The number of pyridine rings is 1. The number of hydrogen-bond acceptors (Lipinski definition) is 2. The van der Waals surface area contributed by atoms with Crippen molar-refractivity contribution in [3.05, 3.63) is 29.0 Å². The van der Waals surface area contributed by atoms with Gasteiger partial charge in [-0.25, -0.2) is 4.98 Å². The van der Waals surface area contributed by atoms with E-state index < -0.39 is 0 Å². The zero-order valence-electron chi connectivity index (χ0n) is 13.2. The fourth-order valence-corrected chi connectivity index (χ4v) is 2.57. The SMILES string of the molecule is CCCCCCCCCCCCC(=O)c1ccc(Cl)nc1. The van der Waals surface area contributed by atoms with E-state index in [2.05, 4.69) is 11.9 Å². The highest BCUT2D eigenvalue weighted by molar-refractivity contribution is 6.29. The number of halogens is 1. The van der Waals surface area contributed by atoms with Crippen molar-refractivity contribution in [3.63, 3.8) is 0 Å². The molecule has 0 N–H and O–H groups in total. The minimum Gasteiger partial charge on any atom is -0.294 e. The van der Waals surface area contributed by atoms with Crippen LogP contribution < -0.4 is 0 Å². The van der Waals surface area contributed by atoms with E-state index in [0.29, 0.717) is 17.1 Å². The topological polar surface area (TPSA) is 30.0 Å². The minimum atomic E-state index is 0.179. The third-order valence-electron chi connectivity index (χ3n) is 3.81. The van der Waals surface area contributed by atoms with Crippen LogP contribution in [-0.4, -0.2) is 10.8 Å². The van der Waals surface area contributed by atoms with Crippen molar-refractivity contribution in [2.45, 2.75) is 77.6 Å². The van der Waals surface area contributed by atoms with Crippen LogP contribution in [0.5, 0.6) is 0 Å². The van der Waals surface area contributed by atoms with Crippen LogP contribution in [0.15, 0.2) is 18.3 Å². The van der Waals surface area contributed by atoms with Crippen molar-refractivity contribution in [1.29, 1.82) is 0 Å². The third kappa shape index (κ3) is 8.87. The molecule has 0 radical (unpaired) electrons. The summed E-state index contributed by atoms with van der Waals surface area (Å²) in [6.07, 6.45) is 15.1. The van der Waals surface area contributed by atoms with Gasteiger partial charge in [0.05, 0.1) is 0 Å². The third-order valence-corrected chi connectivity index (χ3v) is 4.03. The van der Waals surface area contributed by atoms with Crippen LogP contribution in [0.25, 0.3) is 0 Å². The summed E-state index contributed by atoms with van der Waals surface area (Å²) in [6.45, 7) is 2.25. The molecular weight excluding hydrogens is 282 g/mol. The van der Waals surface area contributed by atoms with Crippen molar-refractivity contribution >= 4 is 17.4 Å². The number of carbonyl (C=O) groups excluding carboxylic acids is 1. The normalized spacial score (nSPS) is 10.8. The average molecular weight is 310 g/mol. The molecule has 0 amide bonds. The predicted octanol–water partition coefficient (Wildman–Crippen LogP) is 6.23. The van der Waals surface area contributed by atoms with Gasteiger partial charge in [0.1, 0.15) is 5.15 Å². The van der Waals surface area contributed by atoms with Gasteiger partial charge in [-0.2, -0.15) is 0 Å². The highest BCUT2D eigenvalue weighted by Gasteiger charge is 2.05. The number of nitrogens with zero attached hydrogens (tertiary/aromatic N) is 1. The molecule has 118 valence electrons. The molecule has 0 aliphatic rings. The first-order valence-corrected chi connectivity index (χ1v) is 8.76. The summed E-state index contributed by atoms with van der Waals surface area (Å²) in [7, 11) is 0. The van der Waals surface area contributed by atoms with Crippen LogP contribution in [0, 0.1) is 0 Å². The molecule has 0 saturated carbocycles. The van der Waals surface area contributed by atoms with E-state index in [1.54, 1.807) is 18.3 Å². The summed E-state index contributed by atoms with van der Waals surface area (Å²) in [5.74, 6) is 0.179. The van der Waals surface area contributed by atoms with E-state index in [-0.39, 0.29) is 5.78 Å². The fourth-order valence-electron chi connectivity index (χ4n) is 2.46. The first kappa shape index (κ1) is 18.2. The Hall–Kier alpha value is -0.890. The number of aromatic nitrogens is 1. The average Bonchev–Trinajstić information content (AvgIpc) is 2.49. The minimum absolute atomic E-state index is 0.179. The Morgan fingerprint density at radius 2 is 1.52 bits per heavy atom. The molecule has 0 fully saturated rings. The standard InChI is InChI=1S/C18H28ClNO/c1-2-3-4-5-6-7-8-9-10-11-12-17(21)16-13-14-18(19)20-15-16/h13-15H,2-12H2,1H3. The lowest BCUT2D eigenvalue weighted by atomic mass is 10.0. The molecule has 1 heterocycles. The molecular formula is C18H28ClNO. The molecule has 0 aliphatic heterocycles. The van der Waals surface area contributed by atoms with Crippen LogP contribution in [-0.2, 0) is 0 Å². The molecule has 3 heteroatoms. The Morgan fingerprint density at radius 3 is 2.05 bits per heavy atom. The maximum atomic E-state index is 11.9. The molecule has 0 atom stereocenters. The van der Waals surface area contributed by atoms with Gasteiger partial charge >= 0.3 is 0 Å². The molecule has 0 aromatic carbocycles. The second-order valence-corrected chi connectivity index (χ2v) is 6.11. The first-order chi connectivity index (χ1) is 10.2. The largest absolute Gasteiger partial charge is 0.294 e. The Labute approximate surface area is 134 Å². The molecule has 0 bridgehead atoms. The van der Waals surface area contributed by atoms with Gasteiger partial charge in [-0.05, 0) is 18.6 Å². The molecule has 0 saturated heterocycles. The number of ketones is 1.